The summed E-state index contributed by atoms with van der Waals surface area (Å²) in [6.45, 7) is 2.28. The topological polar surface area (TPSA) is 92.8 Å². The predicted molar refractivity (Wildman–Crippen MR) is 74.2 cm³/mol. The van der Waals surface area contributed by atoms with Gasteiger partial charge in [-0.3, -0.25) is 9.59 Å². The molecule has 0 aromatic carbocycles. The van der Waals surface area contributed by atoms with Gasteiger partial charge in [-0.05, 0) is 12.8 Å². The summed E-state index contributed by atoms with van der Waals surface area (Å²) < 4.78 is 27.9. The van der Waals surface area contributed by atoms with Crippen molar-refractivity contribution in [1.29, 1.82) is 0 Å². The van der Waals surface area contributed by atoms with Gasteiger partial charge < -0.3 is 15.0 Å². The maximum Gasteiger partial charge on any atom is 0.226 e. The van der Waals surface area contributed by atoms with Crippen molar-refractivity contribution in [2.75, 3.05) is 37.8 Å². The van der Waals surface area contributed by atoms with E-state index in [4.69, 9.17) is 4.74 Å². The molecule has 3 fully saturated rings. The monoisotopic (exact) mass is 316 g/mol. The highest BCUT2D eigenvalue weighted by Crippen LogP contribution is 2.40. The number of nitrogens with one attached hydrogen (secondary N) is 1. The highest BCUT2D eigenvalue weighted by molar-refractivity contribution is 7.91. The van der Waals surface area contributed by atoms with Crippen LogP contribution in [0.2, 0.25) is 0 Å². The zero-order valence-electron chi connectivity index (χ0n) is 11.8. The van der Waals surface area contributed by atoms with Crippen LogP contribution in [0, 0.1) is 11.8 Å². The van der Waals surface area contributed by atoms with E-state index >= 15 is 0 Å². The molecule has 2 aliphatic heterocycles. The molecule has 1 aliphatic carbocycles. The first-order valence-electron chi connectivity index (χ1n) is 7.33. The van der Waals surface area contributed by atoms with Gasteiger partial charge in [0.15, 0.2) is 9.84 Å². The van der Waals surface area contributed by atoms with Gasteiger partial charge in [-0.15, -0.1) is 0 Å². The lowest BCUT2D eigenvalue weighted by atomic mass is 10.2. The van der Waals surface area contributed by atoms with E-state index in [0.717, 1.165) is 0 Å². The van der Waals surface area contributed by atoms with E-state index in [0.29, 0.717) is 39.1 Å². The number of hydrogen-bond acceptors (Lipinski definition) is 5. The highest BCUT2D eigenvalue weighted by atomic mass is 32.2. The average molecular weight is 316 g/mol. The number of carbonyl (C=O) groups is 2. The Balaban J connectivity index is 1.48. The number of morpholine rings is 1. The first-order chi connectivity index (χ1) is 9.96. The van der Waals surface area contributed by atoms with Crippen LogP contribution in [0.5, 0.6) is 0 Å². The van der Waals surface area contributed by atoms with Crippen LogP contribution in [-0.2, 0) is 24.2 Å². The van der Waals surface area contributed by atoms with Gasteiger partial charge in [0, 0.05) is 19.1 Å². The third-order valence-electron chi connectivity index (χ3n) is 4.35. The van der Waals surface area contributed by atoms with Crippen molar-refractivity contribution in [1.82, 2.24) is 10.2 Å². The number of nitrogens with zero attached hydrogens (tertiary/aromatic N) is 1. The Morgan fingerprint density at radius 2 is 1.86 bits per heavy atom. The Hall–Kier alpha value is -1.15. The lowest BCUT2D eigenvalue weighted by Gasteiger charge is -2.27. The summed E-state index contributed by atoms with van der Waals surface area (Å²) >= 11 is 0. The number of hydrogen-bond donors (Lipinski definition) is 1. The lowest BCUT2D eigenvalue weighted by molar-refractivity contribution is -0.138. The van der Waals surface area contributed by atoms with Crippen LogP contribution in [0.15, 0.2) is 0 Å². The fourth-order valence-corrected chi connectivity index (χ4v) is 4.67. The largest absolute Gasteiger partial charge is 0.378 e. The number of rotatable bonds is 3. The quantitative estimate of drug-likeness (QED) is 0.705. The van der Waals surface area contributed by atoms with Crippen molar-refractivity contribution in [2.45, 2.75) is 18.9 Å². The number of ether oxygens (including phenoxy) is 1. The summed E-state index contributed by atoms with van der Waals surface area (Å²) in [5.74, 6) is -0.516. The van der Waals surface area contributed by atoms with Crippen LogP contribution in [0.4, 0.5) is 0 Å². The summed E-state index contributed by atoms with van der Waals surface area (Å²) in [5.41, 5.74) is 0. The minimum Gasteiger partial charge on any atom is -0.378 e. The fraction of sp³-hybridized carbons (Fsp3) is 0.846. The Morgan fingerprint density at radius 3 is 2.48 bits per heavy atom. The van der Waals surface area contributed by atoms with Crippen LogP contribution in [0.1, 0.15) is 12.8 Å². The fourth-order valence-electron chi connectivity index (χ4n) is 2.99. The molecule has 1 saturated carbocycles. The Bertz CT molecular complexity index is 541. The second kappa shape index (κ2) is 5.57. The molecule has 2 amide bonds. The van der Waals surface area contributed by atoms with Crippen molar-refractivity contribution >= 4 is 21.7 Å². The van der Waals surface area contributed by atoms with Gasteiger partial charge in [-0.2, -0.15) is 0 Å². The molecule has 0 aromatic rings. The van der Waals surface area contributed by atoms with Gasteiger partial charge in [-0.1, -0.05) is 0 Å². The van der Waals surface area contributed by atoms with Crippen molar-refractivity contribution in [3.63, 3.8) is 0 Å². The van der Waals surface area contributed by atoms with E-state index in [1.807, 2.05) is 0 Å². The van der Waals surface area contributed by atoms with E-state index in [1.165, 1.54) is 0 Å². The molecule has 1 N–H and O–H groups in total. The lowest BCUT2D eigenvalue weighted by Crippen LogP contribution is -2.43. The van der Waals surface area contributed by atoms with E-state index in [-0.39, 0.29) is 41.2 Å². The second-order valence-electron chi connectivity index (χ2n) is 5.99. The molecule has 118 valence electrons. The highest BCUT2D eigenvalue weighted by Gasteiger charge is 2.50. The predicted octanol–water partition coefficient (Wildman–Crippen LogP) is -1.22. The van der Waals surface area contributed by atoms with E-state index in [1.54, 1.807) is 4.90 Å². The SMILES string of the molecule is O=C(NC1CCS(=O)(=O)C1)C1CC1C(=O)N1CCOCC1. The van der Waals surface area contributed by atoms with Crippen molar-refractivity contribution < 1.29 is 22.7 Å². The van der Waals surface area contributed by atoms with Crippen LogP contribution >= 0.6 is 0 Å². The summed E-state index contributed by atoms with van der Waals surface area (Å²) in [4.78, 5) is 26.0. The summed E-state index contributed by atoms with van der Waals surface area (Å²) in [7, 11) is -3.00. The van der Waals surface area contributed by atoms with Crippen LogP contribution in [0.25, 0.3) is 0 Å². The first-order valence-corrected chi connectivity index (χ1v) is 9.16. The summed E-state index contributed by atoms with van der Waals surface area (Å²) in [5, 5.41) is 2.77. The third-order valence-corrected chi connectivity index (χ3v) is 6.11. The summed E-state index contributed by atoms with van der Waals surface area (Å²) in [6.07, 6.45) is 1.05. The normalized spacial score (nSPS) is 34.5. The molecule has 3 rings (SSSR count). The maximum atomic E-state index is 12.2. The van der Waals surface area contributed by atoms with Gasteiger partial charge in [-0.25, -0.2) is 8.42 Å². The van der Waals surface area contributed by atoms with E-state index in [9.17, 15) is 18.0 Å². The van der Waals surface area contributed by atoms with Crippen LogP contribution in [0.3, 0.4) is 0 Å². The molecule has 21 heavy (non-hydrogen) atoms. The van der Waals surface area contributed by atoms with Gasteiger partial charge in [0.2, 0.25) is 11.8 Å². The molecular weight excluding hydrogens is 296 g/mol. The molecule has 3 unspecified atom stereocenters. The third kappa shape index (κ3) is 3.37. The standard InChI is InChI=1S/C13H20N2O5S/c16-12(14-9-1-6-21(18,19)8-9)10-7-11(10)13(17)15-2-4-20-5-3-15/h9-11H,1-8H2,(H,14,16). The van der Waals surface area contributed by atoms with Crippen LogP contribution < -0.4 is 5.32 Å². The maximum absolute atomic E-state index is 12.2. The molecule has 0 radical (unpaired) electrons. The van der Waals surface area contributed by atoms with Gasteiger partial charge in [0.1, 0.15) is 0 Å². The number of carbonyl (C=O) groups excluding carboxylic acids is 2. The minimum atomic E-state index is -3.00. The molecule has 2 heterocycles. The first kappa shape index (κ1) is 14.8. The molecule has 3 aliphatic rings. The average Bonchev–Trinajstić information content (AvgIpc) is 3.19. The van der Waals surface area contributed by atoms with Crippen LogP contribution in [-0.4, -0.2) is 69.0 Å². The van der Waals surface area contributed by atoms with E-state index in [2.05, 4.69) is 5.32 Å². The zero-order valence-corrected chi connectivity index (χ0v) is 12.6. The molecule has 7 nitrogen and oxygen atoms in total. The molecule has 0 aromatic heterocycles. The smallest absolute Gasteiger partial charge is 0.226 e. The number of sulfone groups is 1. The Morgan fingerprint density at radius 1 is 1.14 bits per heavy atom. The van der Waals surface area contributed by atoms with Crippen molar-refractivity contribution in [2.24, 2.45) is 11.8 Å². The van der Waals surface area contributed by atoms with E-state index < -0.39 is 9.84 Å². The Labute approximate surface area is 123 Å². The molecule has 3 atom stereocenters. The van der Waals surface area contributed by atoms with Gasteiger partial charge in [0.05, 0.1) is 36.6 Å². The molecule has 2 saturated heterocycles. The van der Waals surface area contributed by atoms with Gasteiger partial charge >= 0.3 is 0 Å². The zero-order chi connectivity index (χ0) is 15.0. The number of amides is 2. The molecule has 8 heteroatoms. The minimum absolute atomic E-state index is 0.0214. The second-order valence-corrected chi connectivity index (χ2v) is 8.22. The van der Waals surface area contributed by atoms with Crippen molar-refractivity contribution in [3.05, 3.63) is 0 Å². The molecule has 0 spiro atoms. The van der Waals surface area contributed by atoms with Gasteiger partial charge in [0.25, 0.3) is 0 Å². The van der Waals surface area contributed by atoms with Crippen molar-refractivity contribution in [3.8, 4) is 0 Å². The molecule has 0 bridgehead atoms. The Kier molecular flexibility index (Phi) is 3.92. The summed E-state index contributed by atoms with van der Waals surface area (Å²) in [6, 6.07) is -0.290. The molecular formula is C13H20N2O5S.